The lowest BCUT2D eigenvalue weighted by atomic mass is 9.86. The second kappa shape index (κ2) is 18.1. The summed E-state index contributed by atoms with van der Waals surface area (Å²) >= 11 is 0. The third-order valence-corrected chi connectivity index (χ3v) is 14.7. The van der Waals surface area contributed by atoms with Crippen LogP contribution in [0.25, 0.3) is 5.57 Å². The molecule has 2 amide bonds. The number of rotatable bonds is 15. The van der Waals surface area contributed by atoms with E-state index in [0.29, 0.717) is 29.7 Å². The third-order valence-electron chi connectivity index (χ3n) is 11.1. The molecular formula is C47H48F2N2O6Si. The predicted molar refractivity (Wildman–Crippen MR) is 223 cm³/mol. The largest absolute Gasteiger partial charge is 0.446 e. The van der Waals surface area contributed by atoms with Gasteiger partial charge in [-0.05, 0) is 120 Å². The number of amides is 2. The summed E-state index contributed by atoms with van der Waals surface area (Å²) in [7, 11) is -2.60. The Morgan fingerprint density at radius 2 is 1.45 bits per heavy atom. The van der Waals surface area contributed by atoms with Crippen LogP contribution in [-0.2, 0) is 9.53 Å². The quantitative estimate of drug-likeness (QED) is 0.0617. The van der Waals surface area contributed by atoms with E-state index in [-0.39, 0.29) is 29.6 Å². The van der Waals surface area contributed by atoms with E-state index < -0.39 is 50.1 Å². The molecule has 5 aromatic rings. The summed E-state index contributed by atoms with van der Waals surface area (Å²) in [4.78, 5) is 53.9. The van der Waals surface area contributed by atoms with Gasteiger partial charge in [0.2, 0.25) is 5.91 Å². The Morgan fingerprint density at radius 1 is 0.862 bits per heavy atom. The maximum Gasteiger partial charge on any atom is 0.417 e. The molecule has 5 aromatic carbocycles. The number of carbonyl (C=O) groups is 3. The van der Waals surface area contributed by atoms with Crippen molar-refractivity contribution < 1.29 is 37.4 Å². The average molecular weight is 803 g/mol. The monoisotopic (exact) mass is 802 g/mol. The van der Waals surface area contributed by atoms with Crippen molar-refractivity contribution in [1.29, 1.82) is 0 Å². The number of allylic oxidation sites excluding steroid dienone is 2. The standard InChI is InChI=1S/C47H48F2N2O6Si/c1-47(2,58(3,4)55)30-29-33(32-15-20-37(48)21-16-32)19-28-41(44(52)51-42(31-56-46(51)54)34-11-7-5-8-12-34)43(50-39-24-22-38(49)23-25-39)35-17-26-40(27-18-35)57-45(53)36-13-9-6-10-14-36/h5-27,41-43,50,55H,28-31H2,1-4H3/b33-19+/t41-,42-,43-/m1/s1. The minimum Gasteiger partial charge on any atom is -0.446 e. The molecule has 0 aromatic heterocycles. The molecule has 8 nitrogen and oxygen atoms in total. The van der Waals surface area contributed by atoms with Gasteiger partial charge in [0.05, 0.1) is 17.5 Å². The minimum atomic E-state index is -2.60. The first-order chi connectivity index (χ1) is 27.7. The van der Waals surface area contributed by atoms with E-state index in [1.54, 1.807) is 78.9 Å². The molecule has 11 heteroatoms. The van der Waals surface area contributed by atoms with E-state index in [9.17, 15) is 23.2 Å². The molecule has 58 heavy (non-hydrogen) atoms. The van der Waals surface area contributed by atoms with E-state index in [0.717, 1.165) is 16.7 Å². The third kappa shape index (κ3) is 10.1. The van der Waals surface area contributed by atoms with Crippen LogP contribution in [0.5, 0.6) is 5.75 Å². The fraction of sp³-hybridized carbons (Fsp3) is 0.255. The van der Waals surface area contributed by atoms with Gasteiger partial charge in [0.1, 0.15) is 30.0 Å². The molecule has 1 saturated heterocycles. The number of imide groups is 1. The summed E-state index contributed by atoms with van der Waals surface area (Å²) < 4.78 is 39.5. The molecule has 0 unspecified atom stereocenters. The number of esters is 1. The molecule has 0 aliphatic carbocycles. The molecule has 1 fully saturated rings. The van der Waals surface area contributed by atoms with Crippen molar-refractivity contribution in [1.82, 2.24) is 4.90 Å². The molecule has 3 atom stereocenters. The van der Waals surface area contributed by atoms with Crippen LogP contribution in [0.4, 0.5) is 19.3 Å². The summed E-state index contributed by atoms with van der Waals surface area (Å²) in [5, 5.41) is 3.08. The topological polar surface area (TPSA) is 105 Å². The van der Waals surface area contributed by atoms with Crippen molar-refractivity contribution in [3.05, 3.63) is 173 Å². The number of nitrogens with one attached hydrogen (secondary N) is 1. The van der Waals surface area contributed by atoms with E-state index in [1.165, 1.54) is 29.2 Å². The Hall–Kier alpha value is -5.91. The summed E-state index contributed by atoms with van der Waals surface area (Å²) in [5.74, 6) is -2.54. The van der Waals surface area contributed by atoms with Crippen molar-refractivity contribution in [2.45, 2.75) is 63.3 Å². The van der Waals surface area contributed by atoms with Crippen molar-refractivity contribution in [3.8, 4) is 5.75 Å². The lowest BCUT2D eigenvalue weighted by Crippen LogP contribution is -2.42. The van der Waals surface area contributed by atoms with Gasteiger partial charge in [-0.15, -0.1) is 0 Å². The Kier molecular flexibility index (Phi) is 13.0. The number of cyclic esters (lactones) is 1. The van der Waals surface area contributed by atoms with Crippen LogP contribution in [0, 0.1) is 17.6 Å². The van der Waals surface area contributed by atoms with Crippen molar-refractivity contribution in [2.24, 2.45) is 5.92 Å². The van der Waals surface area contributed by atoms with Gasteiger partial charge >= 0.3 is 12.1 Å². The van der Waals surface area contributed by atoms with Crippen molar-refractivity contribution in [2.75, 3.05) is 11.9 Å². The number of nitrogens with zero attached hydrogens (tertiary/aromatic N) is 1. The molecule has 2 N–H and O–H groups in total. The highest BCUT2D eigenvalue weighted by molar-refractivity contribution is 6.72. The van der Waals surface area contributed by atoms with Gasteiger partial charge < -0.3 is 19.6 Å². The van der Waals surface area contributed by atoms with Crippen LogP contribution in [0.1, 0.15) is 72.2 Å². The number of hydrogen-bond donors (Lipinski definition) is 2. The number of anilines is 1. The molecule has 0 radical (unpaired) electrons. The Labute approximate surface area is 339 Å². The van der Waals surface area contributed by atoms with Crippen LogP contribution in [0.3, 0.4) is 0 Å². The number of halogens is 2. The smallest absolute Gasteiger partial charge is 0.417 e. The van der Waals surface area contributed by atoms with E-state index in [1.807, 2.05) is 63.3 Å². The average Bonchev–Trinajstić information content (AvgIpc) is 3.61. The van der Waals surface area contributed by atoms with Crippen LogP contribution in [0.2, 0.25) is 18.1 Å². The summed E-state index contributed by atoms with van der Waals surface area (Å²) in [6.07, 6.45) is 2.44. The van der Waals surface area contributed by atoms with Gasteiger partial charge in [0.25, 0.3) is 0 Å². The van der Waals surface area contributed by atoms with Gasteiger partial charge in [-0.1, -0.05) is 92.7 Å². The van der Waals surface area contributed by atoms with Gasteiger partial charge in [0.15, 0.2) is 8.32 Å². The SMILES string of the molecule is CC(C)(CC/C(=C\C[C@@H](C(=O)N1C(=O)OC[C@@H]1c1ccccc1)[C@H](Nc1ccc(F)cc1)c1ccc(OC(=O)c2ccccc2)cc1)c1ccc(F)cc1)[Si](C)(C)O. The first kappa shape index (κ1) is 41.7. The van der Waals surface area contributed by atoms with E-state index in [2.05, 4.69) is 5.32 Å². The maximum atomic E-state index is 15.2. The van der Waals surface area contributed by atoms with Gasteiger partial charge in [-0.2, -0.15) is 0 Å². The highest BCUT2D eigenvalue weighted by Gasteiger charge is 2.44. The van der Waals surface area contributed by atoms with Crippen LogP contribution < -0.4 is 10.1 Å². The van der Waals surface area contributed by atoms with Crippen LogP contribution in [0.15, 0.2) is 140 Å². The van der Waals surface area contributed by atoms with Gasteiger partial charge in [0, 0.05) is 5.69 Å². The van der Waals surface area contributed by atoms with Crippen molar-refractivity contribution >= 4 is 37.5 Å². The molecule has 1 heterocycles. The van der Waals surface area contributed by atoms with E-state index >= 15 is 4.79 Å². The summed E-state index contributed by atoms with van der Waals surface area (Å²) in [5.41, 5.74) is 3.86. The normalized spacial score (nSPS) is 15.7. The molecule has 0 saturated carbocycles. The molecular weight excluding hydrogens is 755 g/mol. The molecule has 0 spiro atoms. The second-order valence-electron chi connectivity index (χ2n) is 15.7. The maximum absolute atomic E-state index is 15.2. The first-order valence-corrected chi connectivity index (χ1v) is 22.3. The molecule has 1 aliphatic rings. The Balaban J connectivity index is 1.44. The first-order valence-electron chi connectivity index (χ1n) is 19.3. The minimum absolute atomic E-state index is 0.0224. The number of carbonyl (C=O) groups excluding carboxylic acids is 3. The Morgan fingerprint density at radius 3 is 2.05 bits per heavy atom. The lowest BCUT2D eigenvalue weighted by Gasteiger charge is -2.35. The van der Waals surface area contributed by atoms with Crippen LogP contribution in [-0.4, -0.2) is 42.6 Å². The fourth-order valence-electron chi connectivity index (χ4n) is 6.82. The molecule has 300 valence electrons. The van der Waals surface area contributed by atoms with Crippen molar-refractivity contribution in [3.63, 3.8) is 0 Å². The molecule has 0 bridgehead atoms. The zero-order valence-electron chi connectivity index (χ0n) is 33.0. The molecule has 1 aliphatic heterocycles. The summed E-state index contributed by atoms with van der Waals surface area (Å²) in [6.45, 7) is 7.87. The number of benzene rings is 5. The number of hydrogen-bond acceptors (Lipinski definition) is 7. The van der Waals surface area contributed by atoms with Crippen LogP contribution >= 0.6 is 0 Å². The highest BCUT2D eigenvalue weighted by Crippen LogP contribution is 2.43. The zero-order valence-corrected chi connectivity index (χ0v) is 34.0. The predicted octanol–water partition coefficient (Wildman–Crippen LogP) is 10.9. The van der Waals surface area contributed by atoms with Gasteiger partial charge in [-0.3, -0.25) is 4.79 Å². The van der Waals surface area contributed by atoms with E-state index in [4.69, 9.17) is 9.47 Å². The second-order valence-corrected chi connectivity index (χ2v) is 20.2. The Bertz CT molecular complexity index is 2210. The highest BCUT2D eigenvalue weighted by atomic mass is 28.4. The lowest BCUT2D eigenvalue weighted by molar-refractivity contribution is -0.134. The zero-order chi connectivity index (χ0) is 41.5. The van der Waals surface area contributed by atoms with Gasteiger partial charge in [-0.25, -0.2) is 23.3 Å². The number of ether oxygens (including phenoxy) is 2. The summed E-state index contributed by atoms with van der Waals surface area (Å²) in [6, 6.07) is 35.0. The molecule has 6 rings (SSSR count). The fourth-order valence-corrected chi connectivity index (χ4v) is 7.56.